The van der Waals surface area contributed by atoms with Crippen LogP contribution in [0.15, 0.2) is 53.0 Å². The van der Waals surface area contributed by atoms with E-state index in [0.717, 1.165) is 34.4 Å². The van der Waals surface area contributed by atoms with E-state index in [-0.39, 0.29) is 5.54 Å². The first-order chi connectivity index (χ1) is 9.96. The van der Waals surface area contributed by atoms with Gasteiger partial charge in [-0.3, -0.25) is 0 Å². The second kappa shape index (κ2) is 7.44. The van der Waals surface area contributed by atoms with Crippen molar-refractivity contribution in [3.05, 3.63) is 69.2 Å². The van der Waals surface area contributed by atoms with Gasteiger partial charge in [0.1, 0.15) is 0 Å². The maximum Gasteiger partial charge on any atom is 0.0451 e. The van der Waals surface area contributed by atoms with E-state index in [1.807, 2.05) is 12.1 Å². The molecule has 0 unspecified atom stereocenters. The third-order valence-electron chi connectivity index (χ3n) is 3.65. The lowest BCUT2D eigenvalue weighted by Crippen LogP contribution is -2.39. The summed E-state index contributed by atoms with van der Waals surface area (Å²) in [7, 11) is 0. The van der Waals surface area contributed by atoms with Gasteiger partial charge in [0, 0.05) is 21.6 Å². The molecule has 0 saturated heterocycles. The highest BCUT2D eigenvalue weighted by Crippen LogP contribution is 2.22. The predicted octanol–water partition coefficient (Wildman–Crippen LogP) is 5.60. The van der Waals surface area contributed by atoms with Crippen molar-refractivity contribution in [2.75, 3.05) is 0 Å². The third kappa shape index (κ3) is 5.46. The van der Waals surface area contributed by atoms with Gasteiger partial charge in [-0.05, 0) is 56.0 Å². The van der Waals surface area contributed by atoms with Gasteiger partial charge in [-0.1, -0.05) is 57.9 Å². The normalized spacial score (nSPS) is 11.6. The maximum atomic E-state index is 6.24. The standard InChI is InChI=1S/C18H21BrClN/c1-18(2,11-10-14-6-4-3-5-7-14)21-13-15-12-16(19)8-9-17(15)20/h3-9,12,21H,10-11,13H2,1-2H3. The molecule has 0 spiro atoms. The molecule has 1 nitrogen and oxygen atoms in total. The third-order valence-corrected chi connectivity index (χ3v) is 4.51. The smallest absolute Gasteiger partial charge is 0.0451 e. The Balaban J connectivity index is 1.90. The van der Waals surface area contributed by atoms with E-state index in [1.54, 1.807) is 0 Å². The van der Waals surface area contributed by atoms with Crippen LogP contribution in [0.2, 0.25) is 5.02 Å². The first kappa shape index (κ1) is 16.5. The summed E-state index contributed by atoms with van der Waals surface area (Å²) >= 11 is 9.73. The molecule has 0 bridgehead atoms. The van der Waals surface area contributed by atoms with E-state index in [0.29, 0.717) is 0 Å². The number of halogens is 2. The molecule has 0 radical (unpaired) electrons. The first-order valence-electron chi connectivity index (χ1n) is 7.19. The number of aryl methyl sites for hydroxylation is 1. The first-order valence-corrected chi connectivity index (χ1v) is 8.36. The molecule has 0 amide bonds. The summed E-state index contributed by atoms with van der Waals surface area (Å²) < 4.78 is 1.06. The van der Waals surface area contributed by atoms with E-state index in [4.69, 9.17) is 11.6 Å². The molecule has 3 heteroatoms. The lowest BCUT2D eigenvalue weighted by atomic mass is 9.95. The molecular weight excluding hydrogens is 346 g/mol. The summed E-state index contributed by atoms with van der Waals surface area (Å²) in [5, 5.41) is 4.42. The van der Waals surface area contributed by atoms with Gasteiger partial charge >= 0.3 is 0 Å². The molecular formula is C18H21BrClN. The second-order valence-electron chi connectivity index (χ2n) is 5.96. The Bertz CT molecular complexity index is 581. The Morgan fingerprint density at radius 1 is 1.10 bits per heavy atom. The average Bonchev–Trinajstić information content (AvgIpc) is 2.47. The summed E-state index contributed by atoms with van der Waals surface area (Å²) in [4.78, 5) is 0. The zero-order valence-corrected chi connectivity index (χ0v) is 14.8. The van der Waals surface area contributed by atoms with Crippen molar-refractivity contribution >= 4 is 27.5 Å². The highest BCUT2D eigenvalue weighted by molar-refractivity contribution is 9.10. The fourth-order valence-electron chi connectivity index (χ4n) is 2.20. The van der Waals surface area contributed by atoms with Crippen LogP contribution in [0.25, 0.3) is 0 Å². The Morgan fingerprint density at radius 3 is 2.52 bits per heavy atom. The Morgan fingerprint density at radius 2 is 1.81 bits per heavy atom. The van der Waals surface area contributed by atoms with E-state index in [1.165, 1.54) is 5.56 Å². The molecule has 0 atom stereocenters. The van der Waals surface area contributed by atoms with Crippen LogP contribution in [0.3, 0.4) is 0 Å². The van der Waals surface area contributed by atoms with Crippen molar-refractivity contribution in [1.29, 1.82) is 0 Å². The van der Waals surface area contributed by atoms with Crippen LogP contribution in [-0.2, 0) is 13.0 Å². The van der Waals surface area contributed by atoms with E-state index in [9.17, 15) is 0 Å². The van der Waals surface area contributed by atoms with Gasteiger partial charge in [0.15, 0.2) is 0 Å². The Hall–Kier alpha value is -0.830. The van der Waals surface area contributed by atoms with Gasteiger partial charge in [-0.2, -0.15) is 0 Å². The molecule has 0 heterocycles. The molecule has 0 saturated carbocycles. The zero-order chi connectivity index (χ0) is 15.3. The molecule has 0 aliphatic carbocycles. The van der Waals surface area contributed by atoms with Gasteiger partial charge in [0.2, 0.25) is 0 Å². The molecule has 2 aromatic rings. The van der Waals surface area contributed by atoms with Crippen LogP contribution in [0.5, 0.6) is 0 Å². The molecule has 2 rings (SSSR count). The van der Waals surface area contributed by atoms with Crippen molar-refractivity contribution in [2.45, 2.75) is 38.8 Å². The number of hydrogen-bond donors (Lipinski definition) is 1. The van der Waals surface area contributed by atoms with Gasteiger partial charge in [0.25, 0.3) is 0 Å². The average molecular weight is 367 g/mol. The summed E-state index contributed by atoms with van der Waals surface area (Å²) in [5.74, 6) is 0. The molecule has 0 aliphatic heterocycles. The summed E-state index contributed by atoms with van der Waals surface area (Å²) in [6.45, 7) is 5.25. The van der Waals surface area contributed by atoms with Gasteiger partial charge in [-0.25, -0.2) is 0 Å². The Labute approximate surface area is 140 Å². The van der Waals surface area contributed by atoms with E-state index in [2.05, 4.69) is 71.5 Å². The summed E-state index contributed by atoms with van der Waals surface area (Å²) in [6.07, 6.45) is 2.16. The van der Waals surface area contributed by atoms with Crippen molar-refractivity contribution in [3.63, 3.8) is 0 Å². The second-order valence-corrected chi connectivity index (χ2v) is 7.28. The maximum absolute atomic E-state index is 6.24. The minimum absolute atomic E-state index is 0.0709. The predicted molar refractivity (Wildman–Crippen MR) is 94.8 cm³/mol. The lowest BCUT2D eigenvalue weighted by Gasteiger charge is -2.27. The van der Waals surface area contributed by atoms with E-state index < -0.39 is 0 Å². The van der Waals surface area contributed by atoms with Crippen LogP contribution < -0.4 is 5.32 Å². The van der Waals surface area contributed by atoms with Crippen LogP contribution in [0.1, 0.15) is 31.4 Å². The molecule has 0 aromatic heterocycles. The zero-order valence-electron chi connectivity index (χ0n) is 12.5. The number of benzene rings is 2. The van der Waals surface area contributed by atoms with E-state index >= 15 is 0 Å². The minimum Gasteiger partial charge on any atom is -0.308 e. The topological polar surface area (TPSA) is 12.0 Å². The molecule has 0 fully saturated rings. The SMILES string of the molecule is CC(C)(CCc1ccccc1)NCc1cc(Br)ccc1Cl. The van der Waals surface area contributed by atoms with Gasteiger partial charge in [-0.15, -0.1) is 0 Å². The molecule has 1 N–H and O–H groups in total. The van der Waals surface area contributed by atoms with Gasteiger partial charge < -0.3 is 5.32 Å². The van der Waals surface area contributed by atoms with Crippen molar-refractivity contribution < 1.29 is 0 Å². The van der Waals surface area contributed by atoms with Crippen LogP contribution in [0, 0.1) is 0 Å². The fourth-order valence-corrected chi connectivity index (χ4v) is 2.80. The number of nitrogens with one attached hydrogen (secondary N) is 1. The number of hydrogen-bond acceptors (Lipinski definition) is 1. The molecule has 21 heavy (non-hydrogen) atoms. The molecule has 0 aliphatic rings. The van der Waals surface area contributed by atoms with Crippen molar-refractivity contribution in [1.82, 2.24) is 5.32 Å². The Kier molecular flexibility index (Phi) is 5.86. The summed E-state index contributed by atoms with van der Waals surface area (Å²) in [6, 6.07) is 16.6. The van der Waals surface area contributed by atoms with Crippen LogP contribution >= 0.6 is 27.5 Å². The molecule has 2 aromatic carbocycles. The highest BCUT2D eigenvalue weighted by atomic mass is 79.9. The fraction of sp³-hybridized carbons (Fsp3) is 0.333. The minimum atomic E-state index is 0.0709. The largest absolute Gasteiger partial charge is 0.308 e. The highest BCUT2D eigenvalue weighted by Gasteiger charge is 2.17. The number of rotatable bonds is 6. The van der Waals surface area contributed by atoms with Gasteiger partial charge in [0.05, 0.1) is 0 Å². The van der Waals surface area contributed by atoms with Crippen molar-refractivity contribution in [3.8, 4) is 0 Å². The lowest BCUT2D eigenvalue weighted by molar-refractivity contribution is 0.360. The van der Waals surface area contributed by atoms with Crippen molar-refractivity contribution in [2.24, 2.45) is 0 Å². The quantitative estimate of drug-likeness (QED) is 0.701. The van der Waals surface area contributed by atoms with Crippen LogP contribution in [0.4, 0.5) is 0 Å². The monoisotopic (exact) mass is 365 g/mol. The molecule has 112 valence electrons. The van der Waals surface area contributed by atoms with Crippen LogP contribution in [-0.4, -0.2) is 5.54 Å². The summed E-state index contributed by atoms with van der Waals surface area (Å²) in [5.41, 5.74) is 2.58.